The molecule has 102 valence electrons. The van der Waals surface area contributed by atoms with Gasteiger partial charge in [-0.05, 0) is 32.2 Å². The molecular formula is C14H30N2O. The van der Waals surface area contributed by atoms with Gasteiger partial charge in [0, 0.05) is 13.1 Å². The van der Waals surface area contributed by atoms with Crippen molar-refractivity contribution >= 4 is 5.91 Å². The van der Waals surface area contributed by atoms with Crippen LogP contribution in [-0.4, -0.2) is 36.0 Å². The predicted octanol–water partition coefficient (Wildman–Crippen LogP) is 2.52. The highest BCUT2D eigenvalue weighted by Gasteiger charge is 2.31. The van der Waals surface area contributed by atoms with Crippen LogP contribution in [0.2, 0.25) is 0 Å². The van der Waals surface area contributed by atoms with Crippen LogP contribution in [0.25, 0.3) is 0 Å². The molecule has 0 aromatic carbocycles. The Morgan fingerprint density at radius 3 is 1.82 bits per heavy atom. The zero-order chi connectivity index (χ0) is 13.6. The van der Waals surface area contributed by atoms with E-state index in [1.807, 2.05) is 25.7 Å². The molecule has 0 atom stereocenters. The summed E-state index contributed by atoms with van der Waals surface area (Å²) in [6, 6.07) is 0. The monoisotopic (exact) mass is 242 g/mol. The van der Waals surface area contributed by atoms with Gasteiger partial charge in [0.1, 0.15) is 0 Å². The van der Waals surface area contributed by atoms with Gasteiger partial charge in [0.25, 0.3) is 0 Å². The Balaban J connectivity index is 4.72. The van der Waals surface area contributed by atoms with Crippen molar-refractivity contribution in [1.29, 1.82) is 0 Å². The number of carbonyl (C=O) groups excluding carboxylic acids is 1. The second-order valence-electron chi connectivity index (χ2n) is 6.15. The fourth-order valence-electron chi connectivity index (χ4n) is 2.03. The number of likely N-dealkylation sites (N-methyl/N-ethyl adjacent to an activating group) is 1. The highest BCUT2D eigenvalue weighted by atomic mass is 16.2. The van der Waals surface area contributed by atoms with E-state index in [-0.39, 0.29) is 5.91 Å². The molecule has 0 bridgehead atoms. The second-order valence-corrected chi connectivity index (χ2v) is 6.15. The van der Waals surface area contributed by atoms with E-state index in [9.17, 15) is 4.79 Å². The molecule has 0 rings (SSSR count). The SMILES string of the molecule is CCNC(C)(C)C(=O)N(CC(C)C)CC(C)C. The first-order valence-electron chi connectivity index (χ1n) is 6.75. The highest BCUT2D eigenvalue weighted by Crippen LogP contribution is 2.12. The van der Waals surface area contributed by atoms with Crippen molar-refractivity contribution in [1.82, 2.24) is 10.2 Å². The van der Waals surface area contributed by atoms with E-state index in [1.165, 1.54) is 0 Å². The van der Waals surface area contributed by atoms with Crippen LogP contribution in [0.1, 0.15) is 48.5 Å². The van der Waals surface area contributed by atoms with Gasteiger partial charge < -0.3 is 10.2 Å². The topological polar surface area (TPSA) is 32.3 Å². The molecule has 0 saturated heterocycles. The van der Waals surface area contributed by atoms with E-state index in [2.05, 4.69) is 33.0 Å². The minimum absolute atomic E-state index is 0.210. The van der Waals surface area contributed by atoms with Crippen molar-refractivity contribution in [2.24, 2.45) is 11.8 Å². The van der Waals surface area contributed by atoms with Crippen LogP contribution < -0.4 is 5.32 Å². The molecule has 0 heterocycles. The molecule has 0 aromatic rings. The van der Waals surface area contributed by atoms with E-state index in [0.29, 0.717) is 11.8 Å². The lowest BCUT2D eigenvalue weighted by Crippen LogP contribution is -2.55. The highest BCUT2D eigenvalue weighted by molar-refractivity contribution is 5.85. The molecule has 0 fully saturated rings. The van der Waals surface area contributed by atoms with E-state index in [4.69, 9.17) is 0 Å². The molecule has 0 aliphatic heterocycles. The van der Waals surface area contributed by atoms with Crippen molar-refractivity contribution in [3.63, 3.8) is 0 Å². The van der Waals surface area contributed by atoms with Crippen molar-refractivity contribution in [3.05, 3.63) is 0 Å². The molecule has 0 radical (unpaired) electrons. The average molecular weight is 242 g/mol. The minimum Gasteiger partial charge on any atom is -0.341 e. The average Bonchev–Trinajstić information content (AvgIpc) is 2.13. The normalized spacial score (nSPS) is 12.3. The van der Waals surface area contributed by atoms with Gasteiger partial charge in [-0.25, -0.2) is 0 Å². The van der Waals surface area contributed by atoms with Gasteiger partial charge in [-0.3, -0.25) is 4.79 Å². The number of hydrogen-bond acceptors (Lipinski definition) is 2. The number of rotatable bonds is 7. The summed E-state index contributed by atoms with van der Waals surface area (Å²) in [7, 11) is 0. The number of hydrogen-bond donors (Lipinski definition) is 1. The molecule has 0 aromatic heterocycles. The van der Waals surface area contributed by atoms with E-state index in [0.717, 1.165) is 19.6 Å². The van der Waals surface area contributed by atoms with Crippen molar-refractivity contribution in [2.75, 3.05) is 19.6 Å². The predicted molar refractivity (Wildman–Crippen MR) is 74.0 cm³/mol. The standard InChI is InChI=1S/C14H30N2O/c1-8-15-14(6,7)13(17)16(9-11(2)3)10-12(4)5/h11-12,15H,8-10H2,1-7H3. The van der Waals surface area contributed by atoms with Gasteiger partial charge in [-0.1, -0.05) is 34.6 Å². The molecule has 17 heavy (non-hydrogen) atoms. The van der Waals surface area contributed by atoms with E-state index < -0.39 is 5.54 Å². The third-order valence-corrected chi connectivity index (χ3v) is 2.61. The summed E-state index contributed by atoms with van der Waals surface area (Å²) in [5.74, 6) is 1.23. The van der Waals surface area contributed by atoms with Gasteiger partial charge in [-0.2, -0.15) is 0 Å². The first kappa shape index (κ1) is 16.4. The van der Waals surface area contributed by atoms with Crippen molar-refractivity contribution in [3.8, 4) is 0 Å². The minimum atomic E-state index is -0.460. The fourth-order valence-corrected chi connectivity index (χ4v) is 2.03. The number of carbonyl (C=O) groups is 1. The maximum Gasteiger partial charge on any atom is 0.242 e. The lowest BCUT2D eigenvalue weighted by molar-refractivity contribution is -0.138. The van der Waals surface area contributed by atoms with Crippen molar-refractivity contribution in [2.45, 2.75) is 54.0 Å². The molecule has 0 aliphatic rings. The summed E-state index contributed by atoms with van der Waals surface area (Å²) in [5.41, 5.74) is -0.460. The molecule has 0 spiro atoms. The van der Waals surface area contributed by atoms with Crippen molar-refractivity contribution < 1.29 is 4.79 Å². The lowest BCUT2D eigenvalue weighted by Gasteiger charge is -2.34. The Morgan fingerprint density at radius 1 is 1.12 bits per heavy atom. The third-order valence-electron chi connectivity index (χ3n) is 2.61. The Hall–Kier alpha value is -0.570. The summed E-state index contributed by atoms with van der Waals surface area (Å²) in [4.78, 5) is 14.5. The summed E-state index contributed by atoms with van der Waals surface area (Å²) in [5, 5.41) is 3.26. The van der Waals surface area contributed by atoms with Crippen LogP contribution in [0.5, 0.6) is 0 Å². The second kappa shape index (κ2) is 7.00. The van der Waals surface area contributed by atoms with Crippen LogP contribution in [-0.2, 0) is 4.79 Å². The molecule has 0 saturated carbocycles. The first-order chi connectivity index (χ1) is 7.70. The summed E-state index contributed by atoms with van der Waals surface area (Å²) in [6.45, 7) is 17.1. The van der Waals surface area contributed by atoms with Crippen LogP contribution in [0.15, 0.2) is 0 Å². The maximum absolute atomic E-state index is 12.5. The zero-order valence-corrected chi connectivity index (χ0v) is 12.6. The molecule has 1 amide bonds. The van der Waals surface area contributed by atoms with E-state index >= 15 is 0 Å². The van der Waals surface area contributed by atoms with Crippen LogP contribution in [0.3, 0.4) is 0 Å². The Kier molecular flexibility index (Phi) is 6.76. The first-order valence-corrected chi connectivity index (χ1v) is 6.75. The summed E-state index contributed by atoms with van der Waals surface area (Å²) >= 11 is 0. The Bertz CT molecular complexity index is 224. The maximum atomic E-state index is 12.5. The van der Waals surface area contributed by atoms with Crippen LogP contribution >= 0.6 is 0 Å². The number of amides is 1. The molecule has 3 nitrogen and oxygen atoms in total. The summed E-state index contributed by atoms with van der Waals surface area (Å²) < 4.78 is 0. The zero-order valence-electron chi connectivity index (χ0n) is 12.6. The van der Waals surface area contributed by atoms with Crippen LogP contribution in [0, 0.1) is 11.8 Å². The van der Waals surface area contributed by atoms with Gasteiger partial charge in [0.2, 0.25) is 5.91 Å². The molecule has 0 aliphatic carbocycles. The Morgan fingerprint density at radius 2 is 1.53 bits per heavy atom. The largest absolute Gasteiger partial charge is 0.341 e. The number of nitrogens with zero attached hydrogens (tertiary/aromatic N) is 1. The van der Waals surface area contributed by atoms with Gasteiger partial charge in [0.05, 0.1) is 5.54 Å². The smallest absolute Gasteiger partial charge is 0.242 e. The van der Waals surface area contributed by atoms with Crippen LogP contribution in [0.4, 0.5) is 0 Å². The molecular weight excluding hydrogens is 212 g/mol. The number of nitrogens with one attached hydrogen (secondary N) is 1. The van der Waals surface area contributed by atoms with Gasteiger partial charge in [0.15, 0.2) is 0 Å². The summed E-state index contributed by atoms with van der Waals surface area (Å²) in [6.07, 6.45) is 0. The lowest BCUT2D eigenvalue weighted by atomic mass is 10.0. The van der Waals surface area contributed by atoms with E-state index in [1.54, 1.807) is 0 Å². The van der Waals surface area contributed by atoms with Gasteiger partial charge >= 0.3 is 0 Å². The quantitative estimate of drug-likeness (QED) is 0.744. The molecule has 3 heteroatoms. The van der Waals surface area contributed by atoms with Gasteiger partial charge in [-0.15, -0.1) is 0 Å². The molecule has 1 N–H and O–H groups in total. The fraction of sp³-hybridized carbons (Fsp3) is 0.929. The Labute approximate surface area is 107 Å². The molecule has 0 unspecified atom stereocenters. The third kappa shape index (κ3) is 6.06.